The van der Waals surface area contributed by atoms with Crippen molar-refractivity contribution in [1.82, 2.24) is 4.90 Å². The SMILES string of the molecule is CCOC(=O)C(C)N1C(=O)S/C(=C/c2cc3c(cc2C)N(C(C)C)C(C)(C)CC3C)C1=O. The lowest BCUT2D eigenvalue weighted by Crippen LogP contribution is -2.51. The van der Waals surface area contributed by atoms with Gasteiger partial charge in [0.05, 0.1) is 11.5 Å². The Kier molecular flexibility index (Phi) is 6.80. The Morgan fingerprint density at radius 1 is 1.28 bits per heavy atom. The molecule has 0 N–H and O–H groups in total. The smallest absolute Gasteiger partial charge is 0.329 e. The van der Waals surface area contributed by atoms with Crippen LogP contribution in [0.3, 0.4) is 0 Å². The van der Waals surface area contributed by atoms with E-state index in [0.29, 0.717) is 16.9 Å². The van der Waals surface area contributed by atoms with Crippen molar-refractivity contribution in [1.29, 1.82) is 0 Å². The fourth-order valence-electron chi connectivity index (χ4n) is 5.07. The summed E-state index contributed by atoms with van der Waals surface area (Å²) < 4.78 is 4.99. The summed E-state index contributed by atoms with van der Waals surface area (Å²) in [7, 11) is 0. The molecule has 174 valence electrons. The largest absolute Gasteiger partial charge is 0.464 e. The number of fused-ring (bicyclic) bond motifs is 1. The summed E-state index contributed by atoms with van der Waals surface area (Å²) in [5.41, 5.74) is 4.52. The molecule has 2 amide bonds. The first-order valence-electron chi connectivity index (χ1n) is 11.3. The lowest BCUT2D eigenvalue weighted by atomic mass is 9.78. The first-order chi connectivity index (χ1) is 14.9. The third-order valence-corrected chi connectivity index (χ3v) is 7.19. The van der Waals surface area contributed by atoms with Crippen LogP contribution in [0.15, 0.2) is 17.0 Å². The number of hydrogen-bond acceptors (Lipinski definition) is 6. The summed E-state index contributed by atoms with van der Waals surface area (Å²) in [6, 6.07) is 3.77. The van der Waals surface area contributed by atoms with Crippen LogP contribution < -0.4 is 4.90 Å². The number of esters is 1. The second-order valence-electron chi connectivity index (χ2n) is 9.63. The third-order valence-electron chi connectivity index (χ3n) is 6.31. The van der Waals surface area contributed by atoms with Gasteiger partial charge in [-0.25, -0.2) is 4.79 Å². The van der Waals surface area contributed by atoms with Crippen molar-refractivity contribution in [3.05, 3.63) is 33.7 Å². The number of amides is 2. The Morgan fingerprint density at radius 2 is 1.94 bits per heavy atom. The summed E-state index contributed by atoms with van der Waals surface area (Å²) in [6.45, 7) is 16.7. The van der Waals surface area contributed by atoms with Gasteiger partial charge in [-0.15, -0.1) is 0 Å². The summed E-state index contributed by atoms with van der Waals surface area (Å²) in [4.78, 5) is 41.3. The van der Waals surface area contributed by atoms with Crippen molar-refractivity contribution >= 4 is 40.6 Å². The molecule has 3 rings (SSSR count). The van der Waals surface area contributed by atoms with Crippen LogP contribution in [0.2, 0.25) is 0 Å². The summed E-state index contributed by atoms with van der Waals surface area (Å²) >= 11 is 0.873. The highest BCUT2D eigenvalue weighted by atomic mass is 32.2. The number of imide groups is 1. The predicted molar refractivity (Wildman–Crippen MR) is 130 cm³/mol. The first-order valence-corrected chi connectivity index (χ1v) is 12.1. The number of ether oxygens (including phenoxy) is 1. The van der Waals surface area contributed by atoms with Gasteiger partial charge in [0.2, 0.25) is 0 Å². The molecule has 0 saturated carbocycles. The predicted octanol–water partition coefficient (Wildman–Crippen LogP) is 5.48. The Hall–Kier alpha value is -2.28. The molecular formula is C25H34N2O4S. The number of carbonyl (C=O) groups is 3. The maximum atomic E-state index is 13.0. The second-order valence-corrected chi connectivity index (χ2v) is 10.6. The van der Waals surface area contributed by atoms with Crippen molar-refractivity contribution < 1.29 is 19.1 Å². The van der Waals surface area contributed by atoms with Gasteiger partial charge in [-0.2, -0.15) is 0 Å². The molecule has 0 aromatic heterocycles. The summed E-state index contributed by atoms with van der Waals surface area (Å²) in [6.07, 6.45) is 2.82. The number of benzene rings is 1. The summed E-state index contributed by atoms with van der Waals surface area (Å²) in [5, 5.41) is -0.446. The second kappa shape index (κ2) is 8.93. The van der Waals surface area contributed by atoms with E-state index in [0.717, 1.165) is 34.2 Å². The van der Waals surface area contributed by atoms with Gasteiger partial charge in [0.15, 0.2) is 0 Å². The Morgan fingerprint density at radius 3 is 2.53 bits per heavy atom. The zero-order valence-electron chi connectivity index (χ0n) is 20.3. The maximum Gasteiger partial charge on any atom is 0.329 e. The molecule has 2 unspecified atom stereocenters. The van der Waals surface area contributed by atoms with Crippen molar-refractivity contribution in [2.24, 2.45) is 0 Å². The van der Waals surface area contributed by atoms with E-state index in [9.17, 15) is 14.4 Å². The zero-order valence-corrected chi connectivity index (χ0v) is 21.1. The molecule has 1 aromatic rings. The fraction of sp³-hybridized carbons (Fsp3) is 0.560. The Labute approximate surface area is 195 Å². The number of anilines is 1. The van der Waals surface area contributed by atoms with Crippen molar-refractivity contribution in [2.75, 3.05) is 11.5 Å². The summed E-state index contributed by atoms with van der Waals surface area (Å²) in [5.74, 6) is -0.650. The molecule has 32 heavy (non-hydrogen) atoms. The molecule has 2 aliphatic heterocycles. The number of carbonyl (C=O) groups excluding carboxylic acids is 3. The van der Waals surface area contributed by atoms with Crippen LogP contribution >= 0.6 is 11.8 Å². The van der Waals surface area contributed by atoms with E-state index >= 15 is 0 Å². The third kappa shape index (κ3) is 4.32. The number of aryl methyl sites for hydroxylation is 1. The van der Waals surface area contributed by atoms with Crippen LogP contribution in [-0.2, 0) is 14.3 Å². The van der Waals surface area contributed by atoms with Crippen LogP contribution in [-0.4, -0.2) is 46.2 Å². The van der Waals surface area contributed by atoms with E-state index in [-0.39, 0.29) is 12.1 Å². The number of nitrogens with zero attached hydrogens (tertiary/aromatic N) is 2. The topological polar surface area (TPSA) is 66.9 Å². The molecule has 2 aliphatic rings. The van der Waals surface area contributed by atoms with E-state index in [1.165, 1.54) is 18.2 Å². The van der Waals surface area contributed by atoms with Crippen LogP contribution in [0.4, 0.5) is 10.5 Å². The normalized spacial score (nSPS) is 22.5. The van der Waals surface area contributed by atoms with E-state index in [2.05, 4.69) is 51.7 Å². The van der Waals surface area contributed by atoms with Gasteiger partial charge in [-0.3, -0.25) is 14.5 Å². The lowest BCUT2D eigenvalue weighted by molar-refractivity contribution is -0.150. The molecule has 0 spiro atoms. The van der Waals surface area contributed by atoms with Gasteiger partial charge in [-0.05, 0) is 107 Å². The highest BCUT2D eigenvalue weighted by Crippen LogP contribution is 2.46. The van der Waals surface area contributed by atoms with E-state index in [1.54, 1.807) is 13.0 Å². The average molecular weight is 459 g/mol. The molecule has 2 atom stereocenters. The van der Waals surface area contributed by atoms with Crippen molar-refractivity contribution in [2.45, 2.75) is 85.4 Å². The van der Waals surface area contributed by atoms with E-state index in [4.69, 9.17) is 4.74 Å². The highest BCUT2D eigenvalue weighted by molar-refractivity contribution is 8.18. The van der Waals surface area contributed by atoms with E-state index in [1.807, 2.05) is 6.92 Å². The minimum atomic E-state index is -0.945. The van der Waals surface area contributed by atoms with Gasteiger partial charge in [0.1, 0.15) is 6.04 Å². The number of hydrogen-bond donors (Lipinski definition) is 0. The Balaban J connectivity index is 1.99. The lowest BCUT2D eigenvalue weighted by Gasteiger charge is -2.50. The zero-order chi connectivity index (χ0) is 24.0. The molecule has 0 bridgehead atoms. The van der Waals surface area contributed by atoms with Gasteiger partial charge >= 0.3 is 5.97 Å². The molecule has 2 heterocycles. The van der Waals surface area contributed by atoms with Crippen LogP contribution in [0.25, 0.3) is 6.08 Å². The standard InChI is InChI=1S/C25H34N2O4S/c1-9-31-23(29)17(6)26-22(28)21(32-24(26)30)12-18-11-19-16(5)13-25(7,8)27(14(2)3)20(19)10-15(18)4/h10-12,14,16-17H,9,13H2,1-8H3/b21-12+. The molecule has 0 radical (unpaired) electrons. The number of thioether (sulfide) groups is 1. The minimum Gasteiger partial charge on any atom is -0.464 e. The minimum absolute atomic E-state index is 0.0560. The molecule has 0 aliphatic carbocycles. The van der Waals surface area contributed by atoms with Crippen LogP contribution in [0, 0.1) is 6.92 Å². The highest BCUT2D eigenvalue weighted by Gasteiger charge is 2.42. The Bertz CT molecular complexity index is 982. The monoisotopic (exact) mass is 458 g/mol. The molecule has 7 heteroatoms. The maximum absolute atomic E-state index is 13.0. The van der Waals surface area contributed by atoms with Crippen molar-refractivity contribution in [3.63, 3.8) is 0 Å². The van der Waals surface area contributed by atoms with Gasteiger partial charge < -0.3 is 9.64 Å². The number of rotatable bonds is 5. The molecular weight excluding hydrogens is 424 g/mol. The first kappa shape index (κ1) is 24.4. The van der Waals surface area contributed by atoms with Crippen LogP contribution in [0.1, 0.15) is 77.5 Å². The fourth-order valence-corrected chi connectivity index (χ4v) is 5.97. The molecule has 1 aromatic carbocycles. The van der Waals surface area contributed by atoms with Gasteiger partial charge in [-0.1, -0.05) is 6.92 Å². The van der Waals surface area contributed by atoms with Crippen LogP contribution in [0.5, 0.6) is 0 Å². The molecule has 1 fully saturated rings. The van der Waals surface area contributed by atoms with Gasteiger partial charge in [0.25, 0.3) is 11.1 Å². The molecule has 6 nitrogen and oxygen atoms in total. The van der Waals surface area contributed by atoms with Gasteiger partial charge in [0, 0.05) is 17.3 Å². The van der Waals surface area contributed by atoms with Crippen molar-refractivity contribution in [3.8, 4) is 0 Å². The van der Waals surface area contributed by atoms with E-state index < -0.39 is 23.2 Å². The quantitative estimate of drug-likeness (QED) is 0.430. The average Bonchev–Trinajstić information content (AvgIpc) is 2.94. The molecule has 1 saturated heterocycles.